The molecule has 0 aliphatic rings. The SMILES string of the molecule is Cc1ccc(C(=O)N/C(=C\c2ccco2)C(=O)Nc2ccc(OC(C)C)cc2)cc1. The van der Waals surface area contributed by atoms with E-state index in [1.807, 2.05) is 32.9 Å². The number of benzene rings is 2. The third-order valence-electron chi connectivity index (χ3n) is 4.12. The van der Waals surface area contributed by atoms with Crippen molar-refractivity contribution >= 4 is 23.6 Å². The molecule has 0 atom stereocenters. The maximum Gasteiger partial charge on any atom is 0.272 e. The molecule has 0 aliphatic carbocycles. The smallest absolute Gasteiger partial charge is 0.272 e. The van der Waals surface area contributed by atoms with E-state index in [4.69, 9.17) is 9.15 Å². The Bertz CT molecular complexity index is 1020. The van der Waals surface area contributed by atoms with Crippen molar-refractivity contribution in [1.82, 2.24) is 5.32 Å². The van der Waals surface area contributed by atoms with Gasteiger partial charge in [0.05, 0.1) is 12.4 Å². The van der Waals surface area contributed by atoms with Crippen molar-refractivity contribution in [2.75, 3.05) is 5.32 Å². The topological polar surface area (TPSA) is 80.6 Å². The number of carbonyl (C=O) groups is 2. The molecular weight excluding hydrogens is 380 g/mol. The predicted octanol–water partition coefficient (Wildman–Crippen LogP) is 4.78. The third-order valence-corrected chi connectivity index (χ3v) is 4.12. The molecule has 3 aromatic rings. The Morgan fingerprint density at radius 2 is 1.70 bits per heavy atom. The molecule has 0 aliphatic heterocycles. The maximum atomic E-state index is 12.9. The van der Waals surface area contributed by atoms with Crippen LogP contribution < -0.4 is 15.4 Å². The number of amides is 2. The highest BCUT2D eigenvalue weighted by atomic mass is 16.5. The van der Waals surface area contributed by atoms with Crippen molar-refractivity contribution in [3.05, 3.63) is 89.5 Å². The first-order valence-corrected chi connectivity index (χ1v) is 9.62. The van der Waals surface area contributed by atoms with Gasteiger partial charge in [-0.2, -0.15) is 0 Å². The summed E-state index contributed by atoms with van der Waals surface area (Å²) in [5, 5.41) is 5.46. The van der Waals surface area contributed by atoms with Crippen LogP contribution in [-0.4, -0.2) is 17.9 Å². The second-order valence-corrected chi connectivity index (χ2v) is 7.04. The quantitative estimate of drug-likeness (QED) is 0.555. The normalized spacial score (nSPS) is 11.3. The zero-order chi connectivity index (χ0) is 21.5. The number of carbonyl (C=O) groups excluding carboxylic acids is 2. The molecule has 6 heteroatoms. The van der Waals surface area contributed by atoms with Crippen molar-refractivity contribution in [3.63, 3.8) is 0 Å². The zero-order valence-electron chi connectivity index (χ0n) is 17.1. The minimum Gasteiger partial charge on any atom is -0.491 e. The molecule has 2 amide bonds. The van der Waals surface area contributed by atoms with E-state index in [9.17, 15) is 9.59 Å². The number of aryl methyl sites for hydroxylation is 1. The lowest BCUT2D eigenvalue weighted by atomic mass is 10.1. The Balaban J connectivity index is 1.77. The van der Waals surface area contributed by atoms with Crippen LogP contribution in [0.2, 0.25) is 0 Å². The van der Waals surface area contributed by atoms with Gasteiger partial charge in [-0.15, -0.1) is 0 Å². The zero-order valence-corrected chi connectivity index (χ0v) is 17.1. The van der Waals surface area contributed by atoms with Crippen LogP contribution in [0.4, 0.5) is 5.69 Å². The molecule has 0 unspecified atom stereocenters. The number of ether oxygens (including phenoxy) is 1. The van der Waals surface area contributed by atoms with Crippen molar-refractivity contribution in [3.8, 4) is 5.75 Å². The van der Waals surface area contributed by atoms with E-state index in [-0.39, 0.29) is 17.7 Å². The number of anilines is 1. The van der Waals surface area contributed by atoms with E-state index < -0.39 is 5.91 Å². The van der Waals surface area contributed by atoms with Crippen LogP contribution in [0.25, 0.3) is 6.08 Å². The van der Waals surface area contributed by atoms with Crippen LogP contribution in [0.3, 0.4) is 0 Å². The first kappa shape index (κ1) is 20.9. The van der Waals surface area contributed by atoms with Gasteiger partial charge in [0, 0.05) is 17.3 Å². The van der Waals surface area contributed by atoms with Gasteiger partial charge in [0.25, 0.3) is 11.8 Å². The van der Waals surface area contributed by atoms with Crippen LogP contribution in [0.5, 0.6) is 5.75 Å². The summed E-state index contributed by atoms with van der Waals surface area (Å²) >= 11 is 0. The molecule has 30 heavy (non-hydrogen) atoms. The largest absolute Gasteiger partial charge is 0.491 e. The number of hydrogen-bond donors (Lipinski definition) is 2. The van der Waals surface area contributed by atoms with E-state index in [0.717, 1.165) is 5.56 Å². The van der Waals surface area contributed by atoms with Crippen molar-refractivity contribution in [2.45, 2.75) is 26.9 Å². The summed E-state index contributed by atoms with van der Waals surface area (Å²) in [5.74, 6) is 0.306. The molecule has 0 bridgehead atoms. The first-order valence-electron chi connectivity index (χ1n) is 9.62. The Hall–Kier alpha value is -3.80. The Morgan fingerprint density at radius 3 is 2.30 bits per heavy atom. The van der Waals surface area contributed by atoms with Crippen LogP contribution >= 0.6 is 0 Å². The summed E-state index contributed by atoms with van der Waals surface area (Å²) in [6, 6.07) is 17.5. The molecule has 0 fully saturated rings. The van der Waals surface area contributed by atoms with Gasteiger partial charge in [-0.05, 0) is 69.3 Å². The van der Waals surface area contributed by atoms with Gasteiger partial charge in [-0.1, -0.05) is 17.7 Å². The summed E-state index contributed by atoms with van der Waals surface area (Å²) < 4.78 is 10.9. The van der Waals surface area contributed by atoms with Crippen LogP contribution in [0.15, 0.2) is 77.0 Å². The second kappa shape index (κ2) is 9.60. The fourth-order valence-electron chi connectivity index (χ4n) is 2.66. The first-order chi connectivity index (χ1) is 14.4. The molecule has 2 aromatic carbocycles. The lowest BCUT2D eigenvalue weighted by molar-refractivity contribution is -0.113. The number of furan rings is 1. The van der Waals surface area contributed by atoms with E-state index in [1.165, 1.54) is 12.3 Å². The molecule has 3 rings (SSSR count). The second-order valence-electron chi connectivity index (χ2n) is 7.04. The third kappa shape index (κ3) is 5.85. The van der Waals surface area contributed by atoms with E-state index in [2.05, 4.69) is 10.6 Å². The van der Waals surface area contributed by atoms with Crippen molar-refractivity contribution < 1.29 is 18.7 Å². The van der Waals surface area contributed by atoms with Gasteiger partial charge >= 0.3 is 0 Å². The molecule has 6 nitrogen and oxygen atoms in total. The fraction of sp³-hybridized carbons (Fsp3) is 0.167. The Morgan fingerprint density at radius 1 is 1.00 bits per heavy atom. The standard InChI is InChI=1S/C24H24N2O4/c1-16(2)30-20-12-10-19(11-13-20)25-24(28)22(15-21-5-4-14-29-21)26-23(27)18-8-6-17(3)7-9-18/h4-16H,1-3H3,(H,25,28)(H,26,27)/b22-15-. The van der Waals surface area contributed by atoms with Crippen molar-refractivity contribution in [1.29, 1.82) is 0 Å². The molecule has 0 saturated heterocycles. The summed E-state index contributed by atoms with van der Waals surface area (Å²) in [4.78, 5) is 25.5. The molecule has 1 aromatic heterocycles. The Kier molecular flexibility index (Phi) is 6.70. The Labute approximate surface area is 175 Å². The van der Waals surface area contributed by atoms with Gasteiger partial charge < -0.3 is 19.8 Å². The van der Waals surface area contributed by atoms with Crippen LogP contribution in [0.1, 0.15) is 35.5 Å². The average molecular weight is 404 g/mol. The highest BCUT2D eigenvalue weighted by Gasteiger charge is 2.16. The van der Waals surface area contributed by atoms with E-state index in [0.29, 0.717) is 22.8 Å². The van der Waals surface area contributed by atoms with Gasteiger partial charge in [-0.3, -0.25) is 9.59 Å². The van der Waals surface area contributed by atoms with Crippen LogP contribution in [-0.2, 0) is 4.79 Å². The minimum absolute atomic E-state index is 0.0604. The predicted molar refractivity (Wildman–Crippen MR) is 116 cm³/mol. The fourth-order valence-corrected chi connectivity index (χ4v) is 2.66. The maximum absolute atomic E-state index is 12.9. The van der Waals surface area contributed by atoms with Gasteiger partial charge in [-0.25, -0.2) is 0 Å². The monoisotopic (exact) mass is 404 g/mol. The van der Waals surface area contributed by atoms with Gasteiger partial charge in [0.15, 0.2) is 0 Å². The molecular formula is C24H24N2O4. The molecule has 154 valence electrons. The summed E-state index contributed by atoms with van der Waals surface area (Å²) in [5.41, 5.74) is 2.14. The average Bonchev–Trinajstić information content (AvgIpc) is 3.22. The summed E-state index contributed by atoms with van der Waals surface area (Å²) in [7, 11) is 0. The van der Waals surface area contributed by atoms with Crippen molar-refractivity contribution in [2.24, 2.45) is 0 Å². The van der Waals surface area contributed by atoms with E-state index in [1.54, 1.807) is 48.5 Å². The lowest BCUT2D eigenvalue weighted by Crippen LogP contribution is -2.30. The highest BCUT2D eigenvalue weighted by Crippen LogP contribution is 2.18. The number of rotatable bonds is 7. The molecule has 0 radical (unpaired) electrons. The van der Waals surface area contributed by atoms with E-state index >= 15 is 0 Å². The molecule has 1 heterocycles. The number of hydrogen-bond acceptors (Lipinski definition) is 4. The lowest BCUT2D eigenvalue weighted by Gasteiger charge is -2.12. The van der Waals surface area contributed by atoms with Gasteiger partial charge in [0.2, 0.25) is 0 Å². The number of nitrogens with one attached hydrogen (secondary N) is 2. The molecule has 0 saturated carbocycles. The summed E-state index contributed by atoms with van der Waals surface area (Å²) in [6.07, 6.45) is 3.04. The molecule has 0 spiro atoms. The molecule has 2 N–H and O–H groups in total. The summed E-state index contributed by atoms with van der Waals surface area (Å²) in [6.45, 7) is 5.82. The minimum atomic E-state index is -0.468. The van der Waals surface area contributed by atoms with Crippen LogP contribution in [0, 0.1) is 6.92 Å². The van der Waals surface area contributed by atoms with Gasteiger partial charge in [0.1, 0.15) is 17.2 Å². The highest BCUT2D eigenvalue weighted by molar-refractivity contribution is 6.10.